The van der Waals surface area contributed by atoms with Gasteiger partial charge in [-0.1, -0.05) is 24.3 Å². The van der Waals surface area contributed by atoms with Crippen molar-refractivity contribution in [3.63, 3.8) is 0 Å². The summed E-state index contributed by atoms with van der Waals surface area (Å²) in [6.07, 6.45) is 0. The summed E-state index contributed by atoms with van der Waals surface area (Å²) in [5.74, 6) is -0.241. The fourth-order valence-corrected chi connectivity index (χ4v) is 2.85. The van der Waals surface area contributed by atoms with Gasteiger partial charge in [-0.15, -0.1) is 0 Å². The van der Waals surface area contributed by atoms with Crippen molar-refractivity contribution in [1.29, 1.82) is 0 Å². The van der Waals surface area contributed by atoms with Crippen molar-refractivity contribution < 1.29 is 4.39 Å². The van der Waals surface area contributed by atoms with Gasteiger partial charge in [0.25, 0.3) is 0 Å². The van der Waals surface area contributed by atoms with Crippen LogP contribution in [0.15, 0.2) is 54.6 Å². The molecule has 0 spiro atoms. The summed E-state index contributed by atoms with van der Waals surface area (Å²) in [6, 6.07) is 16.5. The van der Waals surface area contributed by atoms with E-state index in [1.54, 1.807) is 12.1 Å². The smallest absolute Gasteiger partial charge is 0.171 e. The Morgan fingerprint density at radius 2 is 1.69 bits per heavy atom. The minimum absolute atomic E-state index is 0.241. The van der Waals surface area contributed by atoms with Crippen LogP contribution in [0.2, 0.25) is 0 Å². The molecule has 1 heterocycles. The third-order valence-electron chi connectivity index (χ3n) is 4.01. The average Bonchev–Trinajstić information content (AvgIpc) is 2.93. The predicted molar refractivity (Wildman–Crippen MR) is 107 cm³/mol. The Morgan fingerprint density at radius 3 is 2.31 bits per heavy atom. The highest BCUT2D eigenvalue weighted by atomic mass is 32.1. The van der Waals surface area contributed by atoms with E-state index in [0.717, 1.165) is 29.2 Å². The summed E-state index contributed by atoms with van der Waals surface area (Å²) in [7, 11) is 0. The molecule has 0 aliphatic heterocycles. The van der Waals surface area contributed by atoms with Gasteiger partial charge < -0.3 is 10.6 Å². The number of rotatable bonds is 5. The van der Waals surface area contributed by atoms with Crippen LogP contribution < -0.4 is 10.6 Å². The van der Waals surface area contributed by atoms with Crippen LogP contribution in [0.3, 0.4) is 0 Å². The minimum atomic E-state index is -0.241. The van der Waals surface area contributed by atoms with Gasteiger partial charge in [0.1, 0.15) is 5.82 Å². The highest BCUT2D eigenvalue weighted by Crippen LogP contribution is 2.12. The maximum Gasteiger partial charge on any atom is 0.171 e. The molecular weight excluding hydrogens is 347 g/mol. The van der Waals surface area contributed by atoms with Gasteiger partial charge in [0, 0.05) is 17.9 Å². The summed E-state index contributed by atoms with van der Waals surface area (Å²) in [6.45, 7) is 5.34. The van der Waals surface area contributed by atoms with Crippen molar-refractivity contribution in [3.05, 3.63) is 82.9 Å². The van der Waals surface area contributed by atoms with Crippen LogP contribution in [0.25, 0.3) is 0 Å². The molecule has 0 bridgehead atoms. The van der Waals surface area contributed by atoms with Crippen molar-refractivity contribution >= 4 is 23.0 Å². The normalized spacial score (nSPS) is 10.6. The summed E-state index contributed by atoms with van der Waals surface area (Å²) in [5.41, 5.74) is 5.23. The van der Waals surface area contributed by atoms with Gasteiger partial charge in [0.2, 0.25) is 0 Å². The Bertz CT molecular complexity index is 885. The van der Waals surface area contributed by atoms with Crippen molar-refractivity contribution in [2.45, 2.75) is 26.9 Å². The quantitative estimate of drug-likeness (QED) is 0.663. The second kappa shape index (κ2) is 8.10. The molecule has 3 aromatic rings. The van der Waals surface area contributed by atoms with Crippen LogP contribution in [-0.2, 0) is 13.1 Å². The SMILES string of the molecule is Cc1cc(C)n(Cc2ccc(NC(=S)NCc3ccc(F)cc3)cc2)n1. The van der Waals surface area contributed by atoms with Crippen molar-refractivity contribution in [2.24, 2.45) is 0 Å². The largest absolute Gasteiger partial charge is 0.358 e. The highest BCUT2D eigenvalue weighted by Gasteiger charge is 2.03. The molecule has 0 fully saturated rings. The summed E-state index contributed by atoms with van der Waals surface area (Å²) in [5, 5.41) is 11.3. The maximum absolute atomic E-state index is 12.9. The number of anilines is 1. The third-order valence-corrected chi connectivity index (χ3v) is 4.26. The number of benzene rings is 2. The molecule has 0 radical (unpaired) electrons. The molecular formula is C20H21FN4S. The minimum Gasteiger partial charge on any atom is -0.358 e. The first-order chi connectivity index (χ1) is 12.5. The van der Waals surface area contributed by atoms with Gasteiger partial charge in [-0.2, -0.15) is 5.10 Å². The van der Waals surface area contributed by atoms with E-state index < -0.39 is 0 Å². The molecule has 134 valence electrons. The van der Waals surface area contributed by atoms with Crippen LogP contribution in [0, 0.1) is 19.7 Å². The number of aromatic nitrogens is 2. The van der Waals surface area contributed by atoms with E-state index in [2.05, 4.69) is 40.9 Å². The number of hydrogen-bond donors (Lipinski definition) is 2. The first-order valence-electron chi connectivity index (χ1n) is 8.39. The molecule has 0 saturated heterocycles. The highest BCUT2D eigenvalue weighted by molar-refractivity contribution is 7.80. The fraction of sp³-hybridized carbons (Fsp3) is 0.200. The van der Waals surface area contributed by atoms with Crippen LogP contribution in [0.1, 0.15) is 22.5 Å². The number of nitrogens with one attached hydrogen (secondary N) is 2. The van der Waals surface area contributed by atoms with Crippen molar-refractivity contribution in [1.82, 2.24) is 15.1 Å². The van der Waals surface area contributed by atoms with Gasteiger partial charge >= 0.3 is 0 Å². The van der Waals surface area contributed by atoms with E-state index in [1.807, 2.05) is 23.7 Å². The van der Waals surface area contributed by atoms with E-state index in [4.69, 9.17) is 12.2 Å². The van der Waals surface area contributed by atoms with Crippen molar-refractivity contribution in [3.8, 4) is 0 Å². The molecule has 26 heavy (non-hydrogen) atoms. The zero-order valence-electron chi connectivity index (χ0n) is 14.8. The maximum atomic E-state index is 12.9. The number of thiocarbonyl (C=S) groups is 1. The molecule has 2 aromatic carbocycles. The fourth-order valence-electron chi connectivity index (χ4n) is 2.66. The van der Waals surface area contributed by atoms with Crippen LogP contribution in [0.4, 0.5) is 10.1 Å². The van der Waals surface area contributed by atoms with E-state index in [1.165, 1.54) is 17.7 Å². The lowest BCUT2D eigenvalue weighted by molar-refractivity contribution is 0.627. The Morgan fingerprint density at radius 1 is 1.04 bits per heavy atom. The molecule has 6 heteroatoms. The van der Waals surface area contributed by atoms with Crippen molar-refractivity contribution in [2.75, 3.05) is 5.32 Å². The molecule has 4 nitrogen and oxygen atoms in total. The lowest BCUT2D eigenvalue weighted by atomic mass is 10.2. The molecule has 0 amide bonds. The Balaban J connectivity index is 1.52. The summed E-state index contributed by atoms with van der Waals surface area (Å²) >= 11 is 5.31. The Hall–Kier alpha value is -2.73. The van der Waals surface area contributed by atoms with Gasteiger partial charge in [-0.25, -0.2) is 4.39 Å². The number of aryl methyl sites for hydroxylation is 2. The second-order valence-corrected chi connectivity index (χ2v) is 6.62. The molecule has 1 aromatic heterocycles. The molecule has 0 atom stereocenters. The first kappa shape index (κ1) is 18.1. The summed E-state index contributed by atoms with van der Waals surface area (Å²) < 4.78 is 14.9. The molecule has 0 aliphatic carbocycles. The van der Waals surface area contributed by atoms with Crippen LogP contribution in [-0.4, -0.2) is 14.9 Å². The van der Waals surface area contributed by atoms with E-state index in [0.29, 0.717) is 11.7 Å². The van der Waals surface area contributed by atoms with E-state index >= 15 is 0 Å². The monoisotopic (exact) mass is 368 g/mol. The predicted octanol–water partition coefficient (Wildman–Crippen LogP) is 4.17. The zero-order valence-corrected chi connectivity index (χ0v) is 15.6. The molecule has 0 unspecified atom stereocenters. The Kier molecular flexibility index (Phi) is 5.63. The summed E-state index contributed by atoms with van der Waals surface area (Å²) in [4.78, 5) is 0. The van der Waals surface area contributed by atoms with E-state index in [-0.39, 0.29) is 5.82 Å². The Labute approximate surface area is 158 Å². The number of nitrogens with zero attached hydrogens (tertiary/aromatic N) is 2. The average molecular weight is 368 g/mol. The molecule has 3 rings (SSSR count). The third kappa shape index (κ3) is 4.89. The molecule has 0 saturated carbocycles. The molecule has 2 N–H and O–H groups in total. The van der Waals surface area contributed by atoms with Gasteiger partial charge in [0.05, 0.1) is 12.2 Å². The number of hydrogen-bond acceptors (Lipinski definition) is 2. The van der Waals surface area contributed by atoms with E-state index in [9.17, 15) is 4.39 Å². The lowest BCUT2D eigenvalue weighted by Gasteiger charge is -2.11. The second-order valence-electron chi connectivity index (χ2n) is 6.22. The zero-order chi connectivity index (χ0) is 18.5. The number of halogens is 1. The lowest BCUT2D eigenvalue weighted by Crippen LogP contribution is -2.27. The topological polar surface area (TPSA) is 41.9 Å². The van der Waals surface area contributed by atoms with Crippen LogP contribution >= 0.6 is 12.2 Å². The van der Waals surface area contributed by atoms with Gasteiger partial charge in [-0.05, 0) is 67.5 Å². The standard InChI is InChI=1S/C20H21FN4S/c1-14-11-15(2)25(24-14)13-17-5-9-19(10-6-17)23-20(26)22-12-16-3-7-18(21)8-4-16/h3-11H,12-13H2,1-2H3,(H2,22,23,26). The van der Waals surface area contributed by atoms with Gasteiger partial charge in [0.15, 0.2) is 5.11 Å². The first-order valence-corrected chi connectivity index (χ1v) is 8.80. The van der Waals surface area contributed by atoms with Crippen LogP contribution in [0.5, 0.6) is 0 Å². The molecule has 0 aliphatic rings. The van der Waals surface area contributed by atoms with Gasteiger partial charge in [-0.3, -0.25) is 4.68 Å².